The highest BCUT2D eigenvalue weighted by Crippen LogP contribution is 2.55. The predicted molar refractivity (Wildman–Crippen MR) is 120 cm³/mol. The van der Waals surface area contributed by atoms with Gasteiger partial charge in [0.05, 0.1) is 36.2 Å². The van der Waals surface area contributed by atoms with E-state index in [0.29, 0.717) is 19.4 Å². The van der Waals surface area contributed by atoms with E-state index in [-0.39, 0.29) is 46.1 Å². The first-order chi connectivity index (χ1) is 15.6. The molecule has 1 aliphatic rings. The number of carbonyl (C=O) groups excluding carboxylic acids is 2. The van der Waals surface area contributed by atoms with Gasteiger partial charge in [0, 0.05) is 0 Å². The summed E-state index contributed by atoms with van der Waals surface area (Å²) in [4.78, 5) is 36.7. The molecule has 1 aliphatic carbocycles. The van der Waals surface area contributed by atoms with Crippen LogP contribution in [0.4, 0.5) is 0 Å². The van der Waals surface area contributed by atoms with Crippen LogP contribution in [0.15, 0.2) is 38.5 Å². The van der Waals surface area contributed by atoms with Crippen LogP contribution in [0.25, 0.3) is 0 Å². The molecule has 0 aromatic rings. The minimum absolute atomic E-state index is 0.0835. The Kier molecular flexibility index (Phi) is 12.0. The standard InChI is InChI=1S/C24H38O9/c1-7-27-10-13-30-20(25)23(5)16-22(4,19-33-32-15-12-29-9-3)17-24(6,18-23)21(26)31-14-11-28-8-2/h7-9H,1-3,10-19H2,4-6H3. The fourth-order valence-electron chi connectivity index (χ4n) is 4.61. The molecule has 0 amide bonds. The SMILES string of the molecule is C=COCCOOCC1(C)CC(C)(C(=O)OCCOC=C)CC(C)(C(=O)OCCOC=C)C1. The summed E-state index contributed by atoms with van der Waals surface area (Å²) >= 11 is 0. The van der Waals surface area contributed by atoms with E-state index >= 15 is 0 Å². The number of ether oxygens (including phenoxy) is 5. The van der Waals surface area contributed by atoms with Crippen molar-refractivity contribution in [1.29, 1.82) is 0 Å². The van der Waals surface area contributed by atoms with Crippen molar-refractivity contribution in [1.82, 2.24) is 0 Å². The molecule has 0 radical (unpaired) electrons. The normalized spacial score (nSPS) is 26.5. The van der Waals surface area contributed by atoms with Gasteiger partial charge in [0.1, 0.15) is 39.6 Å². The van der Waals surface area contributed by atoms with E-state index in [4.69, 9.17) is 33.5 Å². The van der Waals surface area contributed by atoms with Gasteiger partial charge in [-0.1, -0.05) is 26.7 Å². The van der Waals surface area contributed by atoms with E-state index in [9.17, 15) is 9.59 Å². The van der Waals surface area contributed by atoms with Gasteiger partial charge >= 0.3 is 11.9 Å². The first-order valence-corrected chi connectivity index (χ1v) is 10.9. The first kappa shape index (κ1) is 28.5. The van der Waals surface area contributed by atoms with Gasteiger partial charge < -0.3 is 23.7 Å². The molecule has 9 heteroatoms. The molecule has 0 aromatic heterocycles. The largest absolute Gasteiger partial charge is 0.499 e. The van der Waals surface area contributed by atoms with Gasteiger partial charge in [-0.3, -0.25) is 9.59 Å². The van der Waals surface area contributed by atoms with Gasteiger partial charge in [-0.2, -0.15) is 0 Å². The van der Waals surface area contributed by atoms with Gasteiger partial charge in [-0.05, 0) is 38.5 Å². The molecule has 1 saturated carbocycles. The number of hydrogen-bond donors (Lipinski definition) is 0. The van der Waals surface area contributed by atoms with Crippen LogP contribution in [0.2, 0.25) is 0 Å². The lowest BCUT2D eigenvalue weighted by Crippen LogP contribution is -2.51. The van der Waals surface area contributed by atoms with Crippen LogP contribution in [-0.2, 0) is 43.0 Å². The Hall–Kier alpha value is -2.52. The Morgan fingerprint density at radius 1 is 0.667 bits per heavy atom. The molecule has 1 rings (SSSR count). The van der Waals surface area contributed by atoms with Crippen LogP contribution in [-0.4, -0.2) is 58.2 Å². The Morgan fingerprint density at radius 2 is 1.09 bits per heavy atom. The van der Waals surface area contributed by atoms with E-state index in [1.54, 1.807) is 13.8 Å². The molecule has 9 nitrogen and oxygen atoms in total. The van der Waals surface area contributed by atoms with Crippen molar-refractivity contribution in [3.63, 3.8) is 0 Å². The van der Waals surface area contributed by atoms with Gasteiger partial charge in [-0.25, -0.2) is 9.78 Å². The number of rotatable bonds is 17. The van der Waals surface area contributed by atoms with Crippen molar-refractivity contribution in [2.24, 2.45) is 16.2 Å². The summed E-state index contributed by atoms with van der Waals surface area (Å²) in [5.74, 6) is -0.814. The molecule has 33 heavy (non-hydrogen) atoms. The molecule has 0 aliphatic heterocycles. The van der Waals surface area contributed by atoms with E-state index in [1.807, 2.05) is 6.92 Å². The summed E-state index contributed by atoms with van der Waals surface area (Å²) in [6, 6.07) is 0. The van der Waals surface area contributed by atoms with Crippen LogP contribution >= 0.6 is 0 Å². The molecule has 0 bridgehead atoms. The summed E-state index contributed by atoms with van der Waals surface area (Å²) in [5, 5.41) is 0. The van der Waals surface area contributed by atoms with Crippen LogP contribution in [0, 0.1) is 16.2 Å². The predicted octanol–water partition coefficient (Wildman–Crippen LogP) is 3.70. The van der Waals surface area contributed by atoms with Crippen molar-refractivity contribution in [2.75, 3.05) is 46.2 Å². The third-order valence-electron chi connectivity index (χ3n) is 5.40. The topological polar surface area (TPSA) is 98.8 Å². The molecule has 188 valence electrons. The fourth-order valence-corrected chi connectivity index (χ4v) is 4.61. The highest BCUT2D eigenvalue weighted by atomic mass is 17.2. The average molecular weight is 471 g/mol. The molecule has 2 atom stereocenters. The first-order valence-electron chi connectivity index (χ1n) is 10.9. The summed E-state index contributed by atoms with van der Waals surface area (Å²) in [6.45, 7) is 17.2. The molecular weight excluding hydrogens is 432 g/mol. The lowest BCUT2D eigenvalue weighted by Gasteiger charge is -2.49. The quantitative estimate of drug-likeness (QED) is 0.104. The minimum Gasteiger partial charge on any atom is -0.499 e. The third-order valence-corrected chi connectivity index (χ3v) is 5.40. The molecule has 0 saturated heterocycles. The van der Waals surface area contributed by atoms with Crippen molar-refractivity contribution in [2.45, 2.75) is 40.0 Å². The van der Waals surface area contributed by atoms with Crippen LogP contribution in [0.1, 0.15) is 40.0 Å². The summed E-state index contributed by atoms with van der Waals surface area (Å²) in [6.07, 6.45) is 5.04. The second kappa shape index (κ2) is 13.9. The zero-order valence-electron chi connectivity index (χ0n) is 20.1. The number of carbonyl (C=O) groups is 2. The lowest BCUT2D eigenvalue weighted by molar-refractivity contribution is -0.317. The van der Waals surface area contributed by atoms with Crippen molar-refractivity contribution >= 4 is 11.9 Å². The van der Waals surface area contributed by atoms with Crippen LogP contribution in [0.5, 0.6) is 0 Å². The summed E-state index contributed by atoms with van der Waals surface area (Å²) in [7, 11) is 0. The maximum atomic E-state index is 13.0. The maximum Gasteiger partial charge on any atom is 0.311 e. The van der Waals surface area contributed by atoms with Crippen molar-refractivity contribution in [3.05, 3.63) is 38.5 Å². The zero-order chi connectivity index (χ0) is 24.8. The molecule has 0 N–H and O–H groups in total. The Morgan fingerprint density at radius 3 is 1.52 bits per heavy atom. The second-order valence-corrected chi connectivity index (χ2v) is 8.93. The third kappa shape index (κ3) is 9.47. The Bertz CT molecular complexity index is 620. The van der Waals surface area contributed by atoms with Gasteiger partial charge in [0.25, 0.3) is 0 Å². The van der Waals surface area contributed by atoms with Gasteiger partial charge in [-0.15, -0.1) is 0 Å². The Balaban J connectivity index is 2.93. The second-order valence-electron chi connectivity index (χ2n) is 8.93. The molecule has 0 spiro atoms. The van der Waals surface area contributed by atoms with E-state index < -0.39 is 28.2 Å². The van der Waals surface area contributed by atoms with Gasteiger partial charge in [0.2, 0.25) is 0 Å². The lowest BCUT2D eigenvalue weighted by atomic mass is 9.54. The molecule has 0 aromatic carbocycles. The number of esters is 2. The molecule has 0 heterocycles. The molecular formula is C24H38O9. The Labute approximate surface area is 196 Å². The van der Waals surface area contributed by atoms with Crippen molar-refractivity contribution < 1.29 is 43.0 Å². The fraction of sp³-hybridized carbons (Fsp3) is 0.667. The smallest absolute Gasteiger partial charge is 0.311 e. The van der Waals surface area contributed by atoms with Crippen LogP contribution < -0.4 is 0 Å². The monoisotopic (exact) mass is 470 g/mol. The minimum atomic E-state index is -0.943. The van der Waals surface area contributed by atoms with E-state index in [0.717, 1.165) is 0 Å². The highest BCUT2D eigenvalue weighted by Gasteiger charge is 2.56. The van der Waals surface area contributed by atoms with Gasteiger partial charge in [0.15, 0.2) is 0 Å². The summed E-state index contributed by atoms with van der Waals surface area (Å²) in [5.41, 5.74) is -2.45. The van der Waals surface area contributed by atoms with Crippen molar-refractivity contribution in [3.8, 4) is 0 Å². The average Bonchev–Trinajstić information content (AvgIpc) is 2.75. The molecule has 2 unspecified atom stereocenters. The maximum absolute atomic E-state index is 13.0. The summed E-state index contributed by atoms with van der Waals surface area (Å²) < 4.78 is 25.9. The van der Waals surface area contributed by atoms with Crippen LogP contribution in [0.3, 0.4) is 0 Å². The zero-order valence-corrected chi connectivity index (χ0v) is 20.1. The highest BCUT2D eigenvalue weighted by molar-refractivity contribution is 5.81. The number of hydrogen-bond acceptors (Lipinski definition) is 9. The van der Waals surface area contributed by atoms with E-state index in [1.165, 1.54) is 18.8 Å². The van der Waals surface area contributed by atoms with E-state index in [2.05, 4.69) is 19.7 Å². The molecule has 1 fully saturated rings.